The summed E-state index contributed by atoms with van der Waals surface area (Å²) in [4.78, 5) is 13.5. The molecule has 110 valence electrons. The molecule has 1 aromatic rings. The zero-order valence-electron chi connectivity index (χ0n) is 11.7. The van der Waals surface area contributed by atoms with Crippen LogP contribution in [-0.4, -0.2) is 29.8 Å². The van der Waals surface area contributed by atoms with Crippen molar-refractivity contribution in [2.24, 2.45) is 5.92 Å². The maximum absolute atomic E-state index is 12.7. The summed E-state index contributed by atoms with van der Waals surface area (Å²) in [5, 5.41) is 3.19. The summed E-state index contributed by atoms with van der Waals surface area (Å²) in [7, 11) is 0. The number of alkyl halides is 2. The van der Waals surface area contributed by atoms with Gasteiger partial charge in [0.05, 0.1) is 12.6 Å². The maximum Gasteiger partial charge on any atom is 0.255 e. The lowest BCUT2D eigenvalue weighted by Crippen LogP contribution is -2.35. The van der Waals surface area contributed by atoms with Crippen LogP contribution in [0.15, 0.2) is 30.3 Å². The molecular weight excluding hydrogens is 262 g/mol. The number of carbonyl (C=O) groups excluding carboxylic acids is 1. The molecule has 0 saturated carbocycles. The first-order valence-corrected chi connectivity index (χ1v) is 6.88. The highest BCUT2D eigenvalue weighted by atomic mass is 19.3. The molecule has 0 spiro atoms. The van der Waals surface area contributed by atoms with Crippen molar-refractivity contribution >= 4 is 5.91 Å². The Morgan fingerprint density at radius 1 is 1.25 bits per heavy atom. The Labute approximate surface area is 118 Å². The molecule has 1 aliphatic heterocycles. The SMILES string of the molecule is CC(C)CC1NC(c2ccccc2)N(CC(F)F)C1=O. The van der Waals surface area contributed by atoms with Gasteiger partial charge in [0, 0.05) is 0 Å². The molecule has 0 bridgehead atoms. The van der Waals surface area contributed by atoms with Gasteiger partial charge in [0.1, 0.15) is 6.17 Å². The number of benzene rings is 1. The first kappa shape index (κ1) is 14.9. The third-order valence-electron chi connectivity index (χ3n) is 3.41. The van der Waals surface area contributed by atoms with Gasteiger partial charge in [-0.2, -0.15) is 0 Å². The van der Waals surface area contributed by atoms with E-state index in [2.05, 4.69) is 5.32 Å². The number of hydrogen-bond donors (Lipinski definition) is 1. The molecule has 2 unspecified atom stereocenters. The lowest BCUT2D eigenvalue weighted by molar-refractivity contribution is -0.132. The minimum Gasteiger partial charge on any atom is -0.316 e. The van der Waals surface area contributed by atoms with Gasteiger partial charge in [0.2, 0.25) is 5.91 Å². The summed E-state index contributed by atoms with van der Waals surface area (Å²) >= 11 is 0. The van der Waals surface area contributed by atoms with E-state index in [1.807, 2.05) is 44.2 Å². The van der Waals surface area contributed by atoms with Crippen molar-refractivity contribution in [3.05, 3.63) is 35.9 Å². The van der Waals surface area contributed by atoms with Crippen LogP contribution < -0.4 is 5.32 Å². The van der Waals surface area contributed by atoms with E-state index in [0.29, 0.717) is 12.3 Å². The lowest BCUT2D eigenvalue weighted by Gasteiger charge is -2.24. The zero-order chi connectivity index (χ0) is 14.7. The van der Waals surface area contributed by atoms with Crippen LogP contribution in [0.3, 0.4) is 0 Å². The van der Waals surface area contributed by atoms with Gasteiger partial charge in [-0.05, 0) is 17.9 Å². The van der Waals surface area contributed by atoms with E-state index in [1.165, 1.54) is 4.90 Å². The van der Waals surface area contributed by atoms with E-state index < -0.39 is 19.1 Å². The van der Waals surface area contributed by atoms with Crippen molar-refractivity contribution < 1.29 is 13.6 Å². The minimum absolute atomic E-state index is 0.229. The summed E-state index contributed by atoms with van der Waals surface area (Å²) in [5.74, 6) is 0.104. The Balaban J connectivity index is 2.21. The van der Waals surface area contributed by atoms with Crippen LogP contribution in [0.4, 0.5) is 8.78 Å². The standard InChI is InChI=1S/C15H20F2N2O/c1-10(2)8-12-15(20)19(9-13(16)17)14(18-12)11-6-4-3-5-7-11/h3-7,10,12-14,18H,8-9H2,1-2H3. The van der Waals surface area contributed by atoms with Gasteiger partial charge in [-0.15, -0.1) is 0 Å². The monoisotopic (exact) mass is 282 g/mol. The number of hydrogen-bond acceptors (Lipinski definition) is 2. The van der Waals surface area contributed by atoms with Gasteiger partial charge in [0.15, 0.2) is 0 Å². The maximum atomic E-state index is 12.7. The number of rotatable bonds is 5. The Hall–Kier alpha value is -1.49. The van der Waals surface area contributed by atoms with E-state index in [-0.39, 0.29) is 11.9 Å². The zero-order valence-corrected chi connectivity index (χ0v) is 11.7. The highest BCUT2D eigenvalue weighted by Gasteiger charge is 2.40. The summed E-state index contributed by atoms with van der Waals surface area (Å²) in [6, 6.07) is 8.88. The molecule has 1 saturated heterocycles. The normalized spacial score (nSPS) is 23.1. The smallest absolute Gasteiger partial charge is 0.255 e. The van der Waals surface area contributed by atoms with E-state index in [1.54, 1.807) is 0 Å². The Bertz CT molecular complexity index is 450. The lowest BCUT2D eigenvalue weighted by atomic mass is 10.0. The first-order valence-electron chi connectivity index (χ1n) is 6.88. The van der Waals surface area contributed by atoms with Crippen LogP contribution in [0.5, 0.6) is 0 Å². The Morgan fingerprint density at radius 2 is 1.90 bits per heavy atom. The van der Waals surface area contributed by atoms with Crippen molar-refractivity contribution in [3.8, 4) is 0 Å². The van der Waals surface area contributed by atoms with Crippen LogP contribution in [-0.2, 0) is 4.79 Å². The van der Waals surface area contributed by atoms with Crippen molar-refractivity contribution in [2.75, 3.05) is 6.54 Å². The molecule has 1 amide bonds. The van der Waals surface area contributed by atoms with Gasteiger partial charge in [-0.25, -0.2) is 8.78 Å². The fourth-order valence-corrected chi connectivity index (χ4v) is 2.58. The van der Waals surface area contributed by atoms with Crippen LogP contribution >= 0.6 is 0 Å². The summed E-state index contributed by atoms with van der Waals surface area (Å²) < 4.78 is 25.4. The molecule has 0 aliphatic carbocycles. The van der Waals surface area contributed by atoms with Crippen molar-refractivity contribution in [2.45, 2.75) is 38.9 Å². The molecule has 1 heterocycles. The van der Waals surface area contributed by atoms with Crippen molar-refractivity contribution in [1.29, 1.82) is 0 Å². The number of nitrogens with one attached hydrogen (secondary N) is 1. The highest BCUT2D eigenvalue weighted by molar-refractivity contribution is 5.84. The predicted octanol–water partition coefficient (Wildman–Crippen LogP) is 2.80. The molecule has 2 atom stereocenters. The highest BCUT2D eigenvalue weighted by Crippen LogP contribution is 2.28. The summed E-state index contributed by atoms with van der Waals surface area (Å²) in [6.07, 6.45) is -2.33. The molecule has 1 aliphatic rings. The second-order valence-corrected chi connectivity index (χ2v) is 5.54. The molecule has 20 heavy (non-hydrogen) atoms. The second kappa shape index (κ2) is 6.31. The molecule has 1 N–H and O–H groups in total. The topological polar surface area (TPSA) is 32.3 Å². The first-order chi connectivity index (χ1) is 9.49. The largest absolute Gasteiger partial charge is 0.316 e. The van der Waals surface area contributed by atoms with Crippen LogP contribution in [0.2, 0.25) is 0 Å². The third kappa shape index (κ3) is 3.33. The van der Waals surface area contributed by atoms with E-state index in [4.69, 9.17) is 0 Å². The fraction of sp³-hybridized carbons (Fsp3) is 0.533. The van der Waals surface area contributed by atoms with Gasteiger partial charge < -0.3 is 4.90 Å². The minimum atomic E-state index is -2.52. The molecule has 1 fully saturated rings. The molecular formula is C15H20F2N2O. The molecule has 3 nitrogen and oxygen atoms in total. The Morgan fingerprint density at radius 3 is 2.45 bits per heavy atom. The predicted molar refractivity (Wildman–Crippen MR) is 73.3 cm³/mol. The second-order valence-electron chi connectivity index (χ2n) is 5.54. The van der Waals surface area contributed by atoms with Gasteiger partial charge in [-0.3, -0.25) is 10.1 Å². The van der Waals surface area contributed by atoms with E-state index in [9.17, 15) is 13.6 Å². The molecule has 0 aromatic heterocycles. The molecule has 2 rings (SSSR count). The van der Waals surface area contributed by atoms with Gasteiger partial charge >= 0.3 is 0 Å². The van der Waals surface area contributed by atoms with E-state index >= 15 is 0 Å². The summed E-state index contributed by atoms with van der Waals surface area (Å²) in [5.41, 5.74) is 0.841. The van der Waals surface area contributed by atoms with Gasteiger partial charge in [-0.1, -0.05) is 44.2 Å². The van der Waals surface area contributed by atoms with Crippen LogP contribution in [0.1, 0.15) is 32.0 Å². The summed E-state index contributed by atoms with van der Waals surface area (Å²) in [6.45, 7) is 3.50. The van der Waals surface area contributed by atoms with Gasteiger partial charge in [0.25, 0.3) is 6.43 Å². The van der Waals surface area contributed by atoms with Crippen LogP contribution in [0.25, 0.3) is 0 Å². The molecule has 0 radical (unpaired) electrons. The number of amides is 1. The third-order valence-corrected chi connectivity index (χ3v) is 3.41. The quantitative estimate of drug-likeness (QED) is 0.900. The molecule has 5 heteroatoms. The average Bonchev–Trinajstić information content (AvgIpc) is 2.68. The Kier molecular flexibility index (Phi) is 4.70. The number of halogens is 2. The van der Waals surface area contributed by atoms with Crippen LogP contribution in [0, 0.1) is 5.92 Å². The average molecular weight is 282 g/mol. The van der Waals surface area contributed by atoms with Crippen molar-refractivity contribution in [3.63, 3.8) is 0 Å². The molecule has 1 aromatic carbocycles. The van der Waals surface area contributed by atoms with E-state index in [0.717, 1.165) is 5.56 Å². The number of nitrogens with zero attached hydrogens (tertiary/aromatic N) is 1. The van der Waals surface area contributed by atoms with Crippen molar-refractivity contribution in [1.82, 2.24) is 10.2 Å². The number of carbonyl (C=O) groups is 1. The fourth-order valence-electron chi connectivity index (χ4n) is 2.58.